The van der Waals surface area contributed by atoms with E-state index in [-0.39, 0.29) is 11.8 Å². The number of piperidine rings is 1. The van der Waals surface area contributed by atoms with Crippen molar-refractivity contribution in [1.82, 2.24) is 20.2 Å². The summed E-state index contributed by atoms with van der Waals surface area (Å²) in [4.78, 5) is 34.8. The molecule has 0 bridgehead atoms. The van der Waals surface area contributed by atoms with E-state index < -0.39 is 12.0 Å². The van der Waals surface area contributed by atoms with Crippen molar-refractivity contribution in [2.24, 2.45) is 5.92 Å². The Hall–Kier alpha value is -3.39. The van der Waals surface area contributed by atoms with Crippen molar-refractivity contribution >= 4 is 28.6 Å². The molecule has 2 aliphatic rings. The number of para-hydroxylation sites is 1. The number of aromatic amines is 1. The lowest BCUT2D eigenvalue weighted by Gasteiger charge is -2.35. The van der Waals surface area contributed by atoms with Crippen LogP contribution in [-0.4, -0.2) is 58.0 Å². The number of H-pyrrole nitrogens is 1. The van der Waals surface area contributed by atoms with Gasteiger partial charge in [-0.25, -0.2) is 4.98 Å². The molecule has 0 saturated carbocycles. The van der Waals surface area contributed by atoms with Gasteiger partial charge in [0, 0.05) is 60.5 Å². The summed E-state index contributed by atoms with van der Waals surface area (Å²) in [6, 6.07) is 11.3. The third kappa shape index (κ3) is 5.17. The van der Waals surface area contributed by atoms with Crippen LogP contribution in [0.5, 0.6) is 0 Å². The van der Waals surface area contributed by atoms with Crippen molar-refractivity contribution in [3.05, 3.63) is 59.4 Å². The van der Waals surface area contributed by atoms with E-state index in [1.165, 1.54) is 5.56 Å². The van der Waals surface area contributed by atoms with Crippen LogP contribution < -0.4 is 10.6 Å². The maximum absolute atomic E-state index is 12.7. The standard InChI is InChI=1S/C27H33N5O3/c33-26(29-14-4-6-20-10-9-18-5-3-13-28-25(18)31-20)19-11-15-32(16-12-19)24(27(34)35)22-17-30-23-8-2-1-7-21(22)23/h1-2,7-10,17,19,24,30H,3-6,11-16H2,(H,28,31)(H,29,33)(H,34,35). The Balaban J connectivity index is 1.10. The summed E-state index contributed by atoms with van der Waals surface area (Å²) in [5.74, 6) is 0.152. The zero-order chi connectivity index (χ0) is 24.2. The smallest absolute Gasteiger partial charge is 0.325 e. The SMILES string of the molecule is O=C(NCCCc1ccc2c(n1)NCCC2)C1CCN(C(C(=O)O)c2c[nH]c3ccccc23)CC1. The van der Waals surface area contributed by atoms with Gasteiger partial charge >= 0.3 is 5.97 Å². The number of likely N-dealkylation sites (tertiary alicyclic amines) is 1. The van der Waals surface area contributed by atoms with Crippen LogP contribution in [0.2, 0.25) is 0 Å². The highest BCUT2D eigenvalue weighted by Gasteiger charge is 2.34. The number of carboxylic acid groups (broad SMARTS) is 1. The number of pyridine rings is 1. The molecule has 1 unspecified atom stereocenters. The van der Waals surface area contributed by atoms with Gasteiger partial charge in [0.05, 0.1) is 0 Å². The molecule has 2 aliphatic heterocycles. The van der Waals surface area contributed by atoms with Crippen LogP contribution in [0.15, 0.2) is 42.6 Å². The van der Waals surface area contributed by atoms with E-state index in [9.17, 15) is 14.7 Å². The highest BCUT2D eigenvalue weighted by molar-refractivity contribution is 5.89. The van der Waals surface area contributed by atoms with Crippen LogP contribution in [0.3, 0.4) is 0 Å². The van der Waals surface area contributed by atoms with Gasteiger partial charge in [-0.2, -0.15) is 0 Å². The van der Waals surface area contributed by atoms with Crippen LogP contribution in [-0.2, 0) is 22.4 Å². The van der Waals surface area contributed by atoms with Gasteiger partial charge in [-0.3, -0.25) is 14.5 Å². The fraction of sp³-hybridized carbons (Fsp3) is 0.444. The highest BCUT2D eigenvalue weighted by Crippen LogP contribution is 2.32. The first-order valence-electron chi connectivity index (χ1n) is 12.6. The van der Waals surface area contributed by atoms with Gasteiger partial charge in [0.1, 0.15) is 11.9 Å². The van der Waals surface area contributed by atoms with E-state index >= 15 is 0 Å². The van der Waals surface area contributed by atoms with Crippen molar-refractivity contribution < 1.29 is 14.7 Å². The van der Waals surface area contributed by atoms with Crippen LogP contribution >= 0.6 is 0 Å². The molecule has 3 aromatic rings. The van der Waals surface area contributed by atoms with Crippen molar-refractivity contribution in [2.75, 3.05) is 31.5 Å². The van der Waals surface area contributed by atoms with Gasteiger partial charge in [0.15, 0.2) is 0 Å². The summed E-state index contributed by atoms with van der Waals surface area (Å²) in [6.45, 7) is 2.77. The first-order chi connectivity index (χ1) is 17.1. The topological polar surface area (TPSA) is 110 Å². The van der Waals surface area contributed by atoms with E-state index in [2.05, 4.69) is 27.8 Å². The van der Waals surface area contributed by atoms with Crippen molar-refractivity contribution in [1.29, 1.82) is 0 Å². The second-order valence-corrected chi connectivity index (χ2v) is 9.58. The van der Waals surface area contributed by atoms with Gasteiger partial charge in [-0.15, -0.1) is 0 Å². The molecule has 1 atom stereocenters. The van der Waals surface area contributed by atoms with E-state index in [4.69, 9.17) is 4.98 Å². The van der Waals surface area contributed by atoms with Crippen LogP contribution in [0.4, 0.5) is 5.82 Å². The highest BCUT2D eigenvalue weighted by atomic mass is 16.4. The van der Waals surface area contributed by atoms with E-state index in [0.29, 0.717) is 32.5 Å². The largest absolute Gasteiger partial charge is 0.480 e. The number of aliphatic carboxylic acids is 1. The van der Waals surface area contributed by atoms with E-state index in [0.717, 1.165) is 60.2 Å². The number of amides is 1. The van der Waals surface area contributed by atoms with E-state index in [1.807, 2.05) is 29.2 Å². The molecule has 35 heavy (non-hydrogen) atoms. The Morgan fingerprint density at radius 1 is 1.17 bits per heavy atom. The van der Waals surface area contributed by atoms with Gasteiger partial charge in [-0.05, 0) is 56.2 Å². The first kappa shape index (κ1) is 23.4. The Labute approximate surface area is 205 Å². The molecule has 0 spiro atoms. The number of carbonyl (C=O) groups is 2. The summed E-state index contributed by atoms with van der Waals surface area (Å²) >= 11 is 0. The minimum absolute atomic E-state index is 0.0729. The number of nitrogens with one attached hydrogen (secondary N) is 3. The van der Waals surface area contributed by atoms with Crippen molar-refractivity contribution in [3.8, 4) is 0 Å². The number of anilines is 1. The van der Waals surface area contributed by atoms with Crippen LogP contribution in [0.1, 0.15) is 48.5 Å². The number of carboxylic acids is 1. The Bertz CT molecular complexity index is 1200. The zero-order valence-electron chi connectivity index (χ0n) is 19.9. The number of rotatable bonds is 8. The summed E-state index contributed by atoms with van der Waals surface area (Å²) in [6.07, 6.45) is 7.04. The van der Waals surface area contributed by atoms with Gasteiger partial charge in [0.25, 0.3) is 0 Å². The molecule has 1 amide bonds. The third-order valence-corrected chi connectivity index (χ3v) is 7.28. The van der Waals surface area contributed by atoms with Crippen LogP contribution in [0.25, 0.3) is 10.9 Å². The molecule has 4 N–H and O–H groups in total. The number of hydrogen-bond donors (Lipinski definition) is 4. The molecule has 8 heteroatoms. The molecule has 0 radical (unpaired) electrons. The van der Waals surface area contributed by atoms with Crippen molar-refractivity contribution in [2.45, 2.75) is 44.6 Å². The maximum Gasteiger partial charge on any atom is 0.325 e. The summed E-state index contributed by atoms with van der Waals surface area (Å²) in [5.41, 5.74) is 4.05. The summed E-state index contributed by atoms with van der Waals surface area (Å²) < 4.78 is 0. The molecule has 1 saturated heterocycles. The summed E-state index contributed by atoms with van der Waals surface area (Å²) in [7, 11) is 0. The molecule has 4 heterocycles. The predicted octanol–water partition coefficient (Wildman–Crippen LogP) is 3.51. The lowest BCUT2D eigenvalue weighted by atomic mass is 9.93. The fourth-order valence-corrected chi connectivity index (χ4v) is 5.36. The lowest BCUT2D eigenvalue weighted by Crippen LogP contribution is -2.44. The van der Waals surface area contributed by atoms with Gasteiger partial charge in [-0.1, -0.05) is 24.3 Å². The number of hydrogen-bond acceptors (Lipinski definition) is 5. The monoisotopic (exact) mass is 475 g/mol. The van der Waals surface area contributed by atoms with Crippen LogP contribution in [0, 0.1) is 5.92 Å². The molecular formula is C27H33N5O3. The molecule has 184 valence electrons. The quantitative estimate of drug-likeness (QED) is 0.371. The van der Waals surface area contributed by atoms with Gasteiger partial charge in [0.2, 0.25) is 5.91 Å². The molecule has 0 aliphatic carbocycles. The minimum Gasteiger partial charge on any atom is -0.480 e. The molecule has 1 fully saturated rings. The number of aryl methyl sites for hydroxylation is 2. The predicted molar refractivity (Wildman–Crippen MR) is 135 cm³/mol. The fourth-order valence-electron chi connectivity index (χ4n) is 5.36. The number of fused-ring (bicyclic) bond motifs is 2. The van der Waals surface area contributed by atoms with Crippen molar-refractivity contribution in [3.63, 3.8) is 0 Å². The lowest BCUT2D eigenvalue weighted by molar-refractivity contribution is -0.144. The average molecular weight is 476 g/mol. The average Bonchev–Trinajstić information content (AvgIpc) is 3.30. The minimum atomic E-state index is -0.858. The Kier molecular flexibility index (Phi) is 6.99. The maximum atomic E-state index is 12.7. The third-order valence-electron chi connectivity index (χ3n) is 7.28. The molecular weight excluding hydrogens is 442 g/mol. The first-order valence-corrected chi connectivity index (χ1v) is 12.6. The second-order valence-electron chi connectivity index (χ2n) is 9.58. The Morgan fingerprint density at radius 3 is 2.83 bits per heavy atom. The number of carbonyl (C=O) groups excluding carboxylic acids is 1. The zero-order valence-corrected chi connectivity index (χ0v) is 19.9. The molecule has 5 rings (SSSR count). The number of benzene rings is 1. The normalized spacial score (nSPS) is 17.5. The van der Waals surface area contributed by atoms with E-state index in [1.54, 1.807) is 6.20 Å². The molecule has 2 aromatic heterocycles. The number of aromatic nitrogens is 2. The number of nitrogens with zero attached hydrogens (tertiary/aromatic N) is 2. The molecule has 1 aromatic carbocycles. The van der Waals surface area contributed by atoms with Gasteiger partial charge < -0.3 is 20.7 Å². The molecule has 8 nitrogen and oxygen atoms in total. The summed E-state index contributed by atoms with van der Waals surface area (Å²) in [5, 5.41) is 17.4. The second kappa shape index (κ2) is 10.5. The Morgan fingerprint density at radius 2 is 2.00 bits per heavy atom.